The molecule has 0 unspecified atom stereocenters. The maximum absolute atomic E-state index is 12.2. The van der Waals surface area contributed by atoms with Crippen molar-refractivity contribution in [1.29, 1.82) is 0 Å². The second-order valence-corrected chi connectivity index (χ2v) is 6.86. The lowest BCUT2D eigenvalue weighted by Crippen LogP contribution is -2.18. The number of rotatable bonds is 5. The van der Waals surface area contributed by atoms with Crippen molar-refractivity contribution in [2.45, 2.75) is 32.6 Å². The van der Waals surface area contributed by atoms with Gasteiger partial charge in [0.1, 0.15) is 5.75 Å². The van der Waals surface area contributed by atoms with Crippen molar-refractivity contribution in [2.24, 2.45) is 5.10 Å². The predicted octanol–water partition coefficient (Wildman–Crippen LogP) is 3.59. The SMILES string of the molecule is COc1ccc(C/C(C)=N\NC(=O)c2cc3c(s2)CCC3)cc1. The van der Waals surface area contributed by atoms with Gasteiger partial charge in [-0.2, -0.15) is 5.10 Å². The summed E-state index contributed by atoms with van der Waals surface area (Å²) < 4.78 is 5.14. The molecule has 0 atom stereocenters. The molecule has 1 aliphatic rings. The van der Waals surface area contributed by atoms with Gasteiger partial charge < -0.3 is 4.74 Å². The highest BCUT2D eigenvalue weighted by Crippen LogP contribution is 2.30. The molecule has 2 aromatic rings. The molecule has 0 saturated heterocycles. The summed E-state index contributed by atoms with van der Waals surface area (Å²) in [6.07, 6.45) is 4.11. The van der Waals surface area contributed by atoms with Crippen molar-refractivity contribution in [2.75, 3.05) is 7.11 Å². The number of methoxy groups -OCH3 is 1. The van der Waals surface area contributed by atoms with E-state index in [1.54, 1.807) is 18.4 Å². The monoisotopic (exact) mass is 328 g/mol. The van der Waals surface area contributed by atoms with E-state index in [-0.39, 0.29) is 5.91 Å². The van der Waals surface area contributed by atoms with E-state index in [4.69, 9.17) is 4.74 Å². The van der Waals surface area contributed by atoms with Gasteiger partial charge in [-0.1, -0.05) is 12.1 Å². The second-order valence-electron chi connectivity index (χ2n) is 5.73. The molecule has 0 fully saturated rings. The summed E-state index contributed by atoms with van der Waals surface area (Å²) in [5.41, 5.74) is 6.00. The third-order valence-electron chi connectivity index (χ3n) is 3.94. The van der Waals surface area contributed by atoms with Crippen molar-refractivity contribution in [3.63, 3.8) is 0 Å². The third-order valence-corrected chi connectivity index (χ3v) is 5.17. The molecule has 1 amide bonds. The third kappa shape index (κ3) is 3.79. The van der Waals surface area contributed by atoms with E-state index in [9.17, 15) is 4.79 Å². The number of amides is 1. The predicted molar refractivity (Wildman–Crippen MR) is 93.6 cm³/mol. The largest absolute Gasteiger partial charge is 0.497 e. The first kappa shape index (κ1) is 15.7. The average molecular weight is 328 g/mol. The Bertz CT molecular complexity index is 710. The van der Waals surface area contributed by atoms with Crippen LogP contribution < -0.4 is 10.2 Å². The molecule has 4 nitrogen and oxygen atoms in total. The van der Waals surface area contributed by atoms with Crippen LogP contribution in [0.3, 0.4) is 0 Å². The lowest BCUT2D eigenvalue weighted by molar-refractivity contribution is 0.0958. The van der Waals surface area contributed by atoms with E-state index in [1.807, 2.05) is 37.3 Å². The number of ether oxygens (including phenoxy) is 1. The Morgan fingerprint density at radius 1 is 1.30 bits per heavy atom. The van der Waals surface area contributed by atoms with Crippen LogP contribution in [0.1, 0.15) is 39.0 Å². The molecule has 0 saturated carbocycles. The van der Waals surface area contributed by atoms with Gasteiger partial charge in [0, 0.05) is 17.0 Å². The highest BCUT2D eigenvalue weighted by Gasteiger charge is 2.18. The summed E-state index contributed by atoms with van der Waals surface area (Å²) in [6.45, 7) is 1.92. The number of carbonyl (C=O) groups excluding carboxylic acids is 1. The molecule has 0 bridgehead atoms. The number of hydrogen-bond acceptors (Lipinski definition) is 4. The van der Waals surface area contributed by atoms with Crippen LogP contribution in [0.4, 0.5) is 0 Å². The summed E-state index contributed by atoms with van der Waals surface area (Å²) in [5, 5.41) is 4.21. The Kier molecular flexibility index (Phi) is 4.76. The van der Waals surface area contributed by atoms with E-state index in [1.165, 1.54) is 16.9 Å². The van der Waals surface area contributed by atoms with Crippen LogP contribution in [0.15, 0.2) is 35.4 Å². The Hall–Kier alpha value is -2.14. The zero-order valence-electron chi connectivity index (χ0n) is 13.4. The fraction of sp³-hybridized carbons (Fsp3) is 0.333. The minimum Gasteiger partial charge on any atom is -0.497 e. The van der Waals surface area contributed by atoms with Crippen molar-refractivity contribution < 1.29 is 9.53 Å². The molecular formula is C18H20N2O2S. The summed E-state index contributed by atoms with van der Waals surface area (Å²) >= 11 is 1.59. The molecule has 1 N–H and O–H groups in total. The highest BCUT2D eigenvalue weighted by molar-refractivity contribution is 7.14. The van der Waals surface area contributed by atoms with Crippen molar-refractivity contribution in [3.05, 3.63) is 51.2 Å². The molecule has 23 heavy (non-hydrogen) atoms. The molecule has 120 valence electrons. The molecule has 0 spiro atoms. The van der Waals surface area contributed by atoms with Gasteiger partial charge >= 0.3 is 0 Å². The zero-order chi connectivity index (χ0) is 16.2. The molecule has 1 aliphatic carbocycles. The number of nitrogens with zero attached hydrogens (tertiary/aromatic N) is 1. The summed E-state index contributed by atoms with van der Waals surface area (Å²) in [6, 6.07) is 9.87. The van der Waals surface area contributed by atoms with Gasteiger partial charge in [-0.3, -0.25) is 4.79 Å². The van der Waals surface area contributed by atoms with E-state index in [2.05, 4.69) is 10.5 Å². The van der Waals surface area contributed by atoms with Crippen LogP contribution in [0.25, 0.3) is 0 Å². The normalized spacial score (nSPS) is 13.7. The lowest BCUT2D eigenvalue weighted by atomic mass is 10.1. The molecular weight excluding hydrogens is 308 g/mol. The van der Waals surface area contributed by atoms with Gasteiger partial charge in [0.25, 0.3) is 5.91 Å². The number of hydrazone groups is 1. The molecule has 1 heterocycles. The van der Waals surface area contributed by atoms with Crippen molar-refractivity contribution >= 4 is 23.0 Å². The number of aryl methyl sites for hydroxylation is 2. The van der Waals surface area contributed by atoms with Crippen LogP contribution in [-0.2, 0) is 19.3 Å². The second kappa shape index (κ2) is 6.96. The van der Waals surface area contributed by atoms with Gasteiger partial charge in [0.05, 0.1) is 12.0 Å². The smallest absolute Gasteiger partial charge is 0.281 e. The van der Waals surface area contributed by atoms with Gasteiger partial charge in [-0.05, 0) is 55.5 Å². The van der Waals surface area contributed by atoms with Crippen molar-refractivity contribution in [1.82, 2.24) is 5.43 Å². The lowest BCUT2D eigenvalue weighted by Gasteiger charge is -2.04. The quantitative estimate of drug-likeness (QED) is 0.673. The number of thiophene rings is 1. The van der Waals surface area contributed by atoms with Crippen molar-refractivity contribution in [3.8, 4) is 5.75 Å². The molecule has 5 heteroatoms. The Morgan fingerprint density at radius 3 is 2.78 bits per heavy atom. The van der Waals surface area contributed by atoms with Crippen LogP contribution in [0.5, 0.6) is 5.75 Å². The maximum atomic E-state index is 12.2. The Balaban J connectivity index is 1.58. The standard InChI is InChI=1S/C18H20N2O2S/c1-12(10-13-6-8-15(22-2)9-7-13)19-20-18(21)17-11-14-4-3-5-16(14)23-17/h6-9,11H,3-5,10H2,1-2H3,(H,20,21)/b19-12-. The fourth-order valence-electron chi connectivity index (χ4n) is 2.72. The van der Waals surface area contributed by atoms with Gasteiger partial charge in [0.15, 0.2) is 0 Å². The van der Waals surface area contributed by atoms with E-state index >= 15 is 0 Å². The van der Waals surface area contributed by atoms with Gasteiger partial charge in [-0.15, -0.1) is 11.3 Å². The molecule has 3 rings (SSSR count). The molecule has 0 aliphatic heterocycles. The summed E-state index contributed by atoms with van der Waals surface area (Å²) in [7, 11) is 1.65. The highest BCUT2D eigenvalue weighted by atomic mass is 32.1. The number of nitrogens with one attached hydrogen (secondary N) is 1. The minimum absolute atomic E-state index is 0.113. The molecule has 1 aromatic heterocycles. The number of benzene rings is 1. The fourth-order valence-corrected chi connectivity index (χ4v) is 3.86. The topological polar surface area (TPSA) is 50.7 Å². The first-order chi connectivity index (χ1) is 11.2. The van der Waals surface area contributed by atoms with Gasteiger partial charge in [0.2, 0.25) is 0 Å². The Labute approximate surface area is 140 Å². The van der Waals surface area contributed by atoms with Crippen LogP contribution >= 0.6 is 11.3 Å². The summed E-state index contributed by atoms with van der Waals surface area (Å²) in [5.74, 6) is 0.723. The number of hydrogen-bond donors (Lipinski definition) is 1. The summed E-state index contributed by atoms with van der Waals surface area (Å²) in [4.78, 5) is 14.3. The minimum atomic E-state index is -0.113. The van der Waals surface area contributed by atoms with Crippen LogP contribution in [0.2, 0.25) is 0 Å². The number of fused-ring (bicyclic) bond motifs is 1. The number of carbonyl (C=O) groups is 1. The Morgan fingerprint density at radius 2 is 2.09 bits per heavy atom. The maximum Gasteiger partial charge on any atom is 0.281 e. The first-order valence-electron chi connectivity index (χ1n) is 7.73. The first-order valence-corrected chi connectivity index (χ1v) is 8.55. The van der Waals surface area contributed by atoms with E-state index < -0.39 is 0 Å². The molecule has 1 aromatic carbocycles. The molecule has 0 radical (unpaired) electrons. The van der Waals surface area contributed by atoms with E-state index in [0.717, 1.165) is 34.7 Å². The van der Waals surface area contributed by atoms with Crippen LogP contribution in [-0.4, -0.2) is 18.7 Å². The van der Waals surface area contributed by atoms with E-state index in [0.29, 0.717) is 6.42 Å². The van der Waals surface area contributed by atoms with Gasteiger partial charge in [-0.25, -0.2) is 5.43 Å². The van der Waals surface area contributed by atoms with Crippen LogP contribution in [0, 0.1) is 0 Å². The average Bonchev–Trinajstić information content (AvgIpc) is 3.15. The zero-order valence-corrected chi connectivity index (χ0v) is 14.2.